The Labute approximate surface area is 86.5 Å². The average molecular weight is 193 g/mol. The van der Waals surface area contributed by atoms with E-state index in [9.17, 15) is 0 Å². The maximum atomic E-state index is 5.38. The van der Waals surface area contributed by atoms with E-state index >= 15 is 0 Å². The van der Waals surface area contributed by atoms with Crippen LogP contribution in [0.25, 0.3) is 0 Å². The summed E-state index contributed by atoms with van der Waals surface area (Å²) in [6, 6.07) is 8.72. The van der Waals surface area contributed by atoms with Gasteiger partial charge in [0.25, 0.3) is 0 Å². The van der Waals surface area contributed by atoms with Crippen LogP contribution in [0.3, 0.4) is 0 Å². The largest absolute Gasteiger partial charge is 0.494 e. The fourth-order valence-corrected chi connectivity index (χ4v) is 1.24. The number of hydrogen-bond donors (Lipinski definition) is 0. The van der Waals surface area contributed by atoms with E-state index in [0.29, 0.717) is 6.04 Å². The molecule has 1 rings (SSSR count). The van der Waals surface area contributed by atoms with Gasteiger partial charge in [0, 0.05) is 18.8 Å². The van der Waals surface area contributed by atoms with Gasteiger partial charge in [-0.05, 0) is 45.0 Å². The maximum absolute atomic E-state index is 5.38. The molecule has 0 saturated carbocycles. The normalized spacial score (nSPS) is 10.4. The van der Waals surface area contributed by atoms with Gasteiger partial charge < -0.3 is 9.64 Å². The van der Waals surface area contributed by atoms with Crippen LogP contribution in [0, 0.1) is 0 Å². The zero-order chi connectivity index (χ0) is 10.6. The third-order valence-corrected chi connectivity index (χ3v) is 2.33. The van der Waals surface area contributed by atoms with Crippen molar-refractivity contribution in [3.05, 3.63) is 24.3 Å². The summed E-state index contributed by atoms with van der Waals surface area (Å²) in [5.41, 5.74) is 1.23. The van der Waals surface area contributed by atoms with Crippen molar-refractivity contribution in [2.24, 2.45) is 0 Å². The quantitative estimate of drug-likeness (QED) is 0.729. The number of hydrogen-bond acceptors (Lipinski definition) is 2. The van der Waals surface area contributed by atoms with Gasteiger partial charge in [0.05, 0.1) is 6.61 Å². The molecular weight excluding hydrogens is 174 g/mol. The second-order valence-electron chi connectivity index (χ2n) is 3.63. The molecule has 1 aromatic rings. The fourth-order valence-electron chi connectivity index (χ4n) is 1.24. The van der Waals surface area contributed by atoms with Gasteiger partial charge in [0.1, 0.15) is 5.75 Å². The molecule has 78 valence electrons. The first-order valence-electron chi connectivity index (χ1n) is 5.10. The van der Waals surface area contributed by atoms with Crippen molar-refractivity contribution in [2.75, 3.05) is 18.6 Å². The molecule has 2 nitrogen and oxygen atoms in total. The molecule has 1 aromatic carbocycles. The third kappa shape index (κ3) is 2.66. The van der Waals surface area contributed by atoms with Crippen molar-refractivity contribution in [1.29, 1.82) is 0 Å². The summed E-state index contributed by atoms with van der Waals surface area (Å²) >= 11 is 0. The lowest BCUT2D eigenvalue weighted by Crippen LogP contribution is -2.25. The molecule has 0 heterocycles. The molecule has 0 aliphatic heterocycles. The highest BCUT2D eigenvalue weighted by Crippen LogP contribution is 2.19. The summed E-state index contributed by atoms with van der Waals surface area (Å²) < 4.78 is 5.38. The van der Waals surface area contributed by atoms with Crippen LogP contribution in [0.5, 0.6) is 5.75 Å². The molecule has 0 amide bonds. The van der Waals surface area contributed by atoms with E-state index in [1.54, 1.807) is 0 Å². The average Bonchev–Trinajstić information content (AvgIpc) is 2.18. The lowest BCUT2D eigenvalue weighted by Gasteiger charge is -2.23. The van der Waals surface area contributed by atoms with Gasteiger partial charge in [-0.1, -0.05) is 0 Å². The first-order valence-corrected chi connectivity index (χ1v) is 5.10. The van der Waals surface area contributed by atoms with Crippen molar-refractivity contribution < 1.29 is 4.74 Å². The minimum atomic E-state index is 0.521. The minimum absolute atomic E-state index is 0.521. The second kappa shape index (κ2) is 4.89. The number of ether oxygens (including phenoxy) is 1. The summed E-state index contributed by atoms with van der Waals surface area (Å²) in [5, 5.41) is 0. The molecule has 0 atom stereocenters. The number of anilines is 1. The van der Waals surface area contributed by atoms with Crippen LogP contribution in [0.1, 0.15) is 20.8 Å². The van der Waals surface area contributed by atoms with E-state index < -0.39 is 0 Å². The number of benzene rings is 1. The van der Waals surface area contributed by atoms with Gasteiger partial charge in [-0.2, -0.15) is 0 Å². The molecule has 0 bridgehead atoms. The lowest BCUT2D eigenvalue weighted by atomic mass is 10.2. The van der Waals surface area contributed by atoms with Crippen LogP contribution in [0.2, 0.25) is 0 Å². The highest BCUT2D eigenvalue weighted by Gasteiger charge is 2.03. The van der Waals surface area contributed by atoms with E-state index in [4.69, 9.17) is 4.74 Å². The Morgan fingerprint density at radius 3 is 2.21 bits per heavy atom. The predicted molar refractivity (Wildman–Crippen MR) is 61.2 cm³/mol. The Hall–Kier alpha value is -1.18. The maximum Gasteiger partial charge on any atom is 0.119 e. The molecule has 0 radical (unpaired) electrons. The van der Waals surface area contributed by atoms with E-state index in [0.717, 1.165) is 12.4 Å². The van der Waals surface area contributed by atoms with Crippen LogP contribution >= 0.6 is 0 Å². The number of rotatable bonds is 4. The molecule has 14 heavy (non-hydrogen) atoms. The zero-order valence-corrected chi connectivity index (χ0v) is 9.45. The molecule has 0 spiro atoms. The van der Waals surface area contributed by atoms with E-state index in [1.807, 2.05) is 19.1 Å². The Bertz CT molecular complexity index is 266. The minimum Gasteiger partial charge on any atom is -0.494 e. The van der Waals surface area contributed by atoms with Crippen LogP contribution in [-0.2, 0) is 0 Å². The smallest absolute Gasteiger partial charge is 0.119 e. The topological polar surface area (TPSA) is 12.5 Å². The second-order valence-corrected chi connectivity index (χ2v) is 3.63. The Balaban J connectivity index is 2.72. The monoisotopic (exact) mass is 193 g/mol. The standard InChI is InChI=1S/C12H19NO/c1-5-14-12-8-6-11(7-9-12)13(4)10(2)3/h6-10H,5H2,1-4H3. The molecule has 0 saturated heterocycles. The highest BCUT2D eigenvalue weighted by atomic mass is 16.5. The highest BCUT2D eigenvalue weighted by molar-refractivity contribution is 5.48. The molecule has 0 aliphatic rings. The van der Waals surface area contributed by atoms with Gasteiger partial charge in [0.2, 0.25) is 0 Å². The molecule has 0 aliphatic carbocycles. The molecule has 0 fully saturated rings. The van der Waals surface area contributed by atoms with Crippen molar-refractivity contribution in [1.82, 2.24) is 0 Å². The summed E-state index contributed by atoms with van der Waals surface area (Å²) in [4.78, 5) is 2.23. The summed E-state index contributed by atoms with van der Waals surface area (Å²) in [6.45, 7) is 7.07. The van der Waals surface area contributed by atoms with Crippen LogP contribution in [0.4, 0.5) is 5.69 Å². The Kier molecular flexibility index (Phi) is 3.81. The van der Waals surface area contributed by atoms with Gasteiger partial charge in [-0.25, -0.2) is 0 Å². The van der Waals surface area contributed by atoms with Crippen molar-refractivity contribution in [3.63, 3.8) is 0 Å². The van der Waals surface area contributed by atoms with Crippen molar-refractivity contribution in [2.45, 2.75) is 26.8 Å². The van der Waals surface area contributed by atoms with E-state index in [1.165, 1.54) is 5.69 Å². The zero-order valence-electron chi connectivity index (χ0n) is 9.45. The molecule has 0 N–H and O–H groups in total. The summed E-state index contributed by atoms with van der Waals surface area (Å²) in [5.74, 6) is 0.938. The SMILES string of the molecule is CCOc1ccc(N(C)C(C)C)cc1. The molecule has 0 unspecified atom stereocenters. The molecule has 0 aromatic heterocycles. The first-order chi connectivity index (χ1) is 6.65. The van der Waals surface area contributed by atoms with E-state index in [-0.39, 0.29) is 0 Å². The van der Waals surface area contributed by atoms with Gasteiger partial charge in [-0.15, -0.1) is 0 Å². The molecule has 2 heteroatoms. The van der Waals surface area contributed by atoms with Gasteiger partial charge in [0.15, 0.2) is 0 Å². The number of nitrogens with zero attached hydrogens (tertiary/aromatic N) is 1. The van der Waals surface area contributed by atoms with Crippen LogP contribution in [-0.4, -0.2) is 19.7 Å². The Morgan fingerprint density at radius 1 is 1.21 bits per heavy atom. The lowest BCUT2D eigenvalue weighted by molar-refractivity contribution is 0.340. The van der Waals surface area contributed by atoms with Crippen LogP contribution in [0.15, 0.2) is 24.3 Å². The van der Waals surface area contributed by atoms with Gasteiger partial charge >= 0.3 is 0 Å². The Morgan fingerprint density at radius 2 is 1.79 bits per heavy atom. The summed E-state index contributed by atoms with van der Waals surface area (Å²) in [7, 11) is 2.10. The fraction of sp³-hybridized carbons (Fsp3) is 0.500. The third-order valence-electron chi connectivity index (χ3n) is 2.33. The summed E-state index contributed by atoms with van der Waals surface area (Å²) in [6.07, 6.45) is 0. The van der Waals surface area contributed by atoms with Crippen molar-refractivity contribution in [3.8, 4) is 5.75 Å². The van der Waals surface area contributed by atoms with E-state index in [2.05, 4.69) is 37.9 Å². The van der Waals surface area contributed by atoms with Crippen molar-refractivity contribution >= 4 is 5.69 Å². The van der Waals surface area contributed by atoms with Crippen LogP contribution < -0.4 is 9.64 Å². The first kappa shape index (κ1) is 10.9. The predicted octanol–water partition coefficient (Wildman–Crippen LogP) is 2.93. The molecular formula is C12H19NO. The van der Waals surface area contributed by atoms with Gasteiger partial charge in [-0.3, -0.25) is 0 Å².